The summed E-state index contributed by atoms with van der Waals surface area (Å²) in [6, 6.07) is 11.8. The summed E-state index contributed by atoms with van der Waals surface area (Å²) >= 11 is 0. The highest BCUT2D eigenvalue weighted by Gasteiger charge is 2.30. The number of hydrogen-bond acceptors (Lipinski definition) is 4. The lowest BCUT2D eigenvalue weighted by molar-refractivity contribution is -0.137. The molecule has 0 unspecified atom stereocenters. The van der Waals surface area contributed by atoms with Gasteiger partial charge >= 0.3 is 6.18 Å². The summed E-state index contributed by atoms with van der Waals surface area (Å²) in [7, 11) is -3.27. The highest BCUT2D eigenvalue weighted by molar-refractivity contribution is 7.90. The monoisotopic (exact) mass is 482 g/mol. The summed E-state index contributed by atoms with van der Waals surface area (Å²) in [4.78, 5) is 17.2. The number of sulfone groups is 1. The highest BCUT2D eigenvalue weighted by atomic mass is 32.2. The number of benzene rings is 2. The van der Waals surface area contributed by atoms with Crippen molar-refractivity contribution in [1.29, 1.82) is 0 Å². The van der Waals surface area contributed by atoms with Crippen molar-refractivity contribution < 1.29 is 26.4 Å². The van der Waals surface area contributed by atoms with Gasteiger partial charge in [-0.15, -0.1) is 0 Å². The number of carbonyl (C=O) groups is 1. The van der Waals surface area contributed by atoms with Gasteiger partial charge in [0.15, 0.2) is 9.84 Å². The van der Waals surface area contributed by atoms with Gasteiger partial charge in [-0.05, 0) is 55.2 Å². The Morgan fingerprint density at radius 2 is 1.55 bits per heavy atom. The van der Waals surface area contributed by atoms with E-state index in [0.29, 0.717) is 13.1 Å². The molecule has 1 heterocycles. The van der Waals surface area contributed by atoms with E-state index in [0.717, 1.165) is 55.4 Å². The number of hydrogen-bond donors (Lipinski definition) is 0. The molecule has 1 aliphatic rings. The fourth-order valence-corrected chi connectivity index (χ4v) is 4.85. The molecule has 2 aromatic rings. The van der Waals surface area contributed by atoms with Gasteiger partial charge in [-0.25, -0.2) is 8.42 Å². The van der Waals surface area contributed by atoms with Crippen LogP contribution in [0.15, 0.2) is 53.4 Å². The molecule has 33 heavy (non-hydrogen) atoms. The van der Waals surface area contributed by atoms with E-state index in [-0.39, 0.29) is 23.3 Å². The van der Waals surface area contributed by atoms with Crippen molar-refractivity contribution in [2.24, 2.45) is 0 Å². The second-order valence-corrected chi connectivity index (χ2v) is 10.5. The van der Waals surface area contributed by atoms with Gasteiger partial charge in [0.05, 0.1) is 16.9 Å². The van der Waals surface area contributed by atoms with Gasteiger partial charge in [0, 0.05) is 38.5 Å². The van der Waals surface area contributed by atoms with Crippen molar-refractivity contribution in [3.05, 3.63) is 65.2 Å². The van der Waals surface area contributed by atoms with Crippen LogP contribution in [-0.2, 0) is 33.8 Å². The Morgan fingerprint density at radius 3 is 2.03 bits per heavy atom. The minimum absolute atomic E-state index is 0.00537. The normalized spacial score (nSPS) is 16.0. The van der Waals surface area contributed by atoms with E-state index in [1.807, 2.05) is 11.8 Å². The van der Waals surface area contributed by atoms with Gasteiger partial charge in [0.1, 0.15) is 0 Å². The van der Waals surface area contributed by atoms with E-state index >= 15 is 0 Å². The third kappa shape index (κ3) is 6.80. The number of amides is 1. The maximum atomic E-state index is 12.9. The van der Waals surface area contributed by atoms with Crippen molar-refractivity contribution in [3.63, 3.8) is 0 Å². The van der Waals surface area contributed by atoms with Gasteiger partial charge in [-0.2, -0.15) is 13.2 Å². The Bertz CT molecular complexity index is 1040. The number of likely N-dealkylation sites (N-methyl/N-ethyl adjacent to an activating group) is 1. The molecule has 0 radical (unpaired) electrons. The molecule has 0 atom stereocenters. The molecule has 0 aromatic heterocycles. The highest BCUT2D eigenvalue weighted by Crippen LogP contribution is 2.29. The minimum Gasteiger partial charge on any atom is -0.340 e. The Balaban J connectivity index is 1.53. The third-order valence-corrected chi connectivity index (χ3v) is 7.18. The van der Waals surface area contributed by atoms with Crippen molar-refractivity contribution in [1.82, 2.24) is 9.80 Å². The fraction of sp³-hybridized carbons (Fsp3) is 0.458. The standard InChI is InChI=1S/C24H29F3N2O3S/c1-3-29(23(30)16-18-6-10-22(11-7-18)33(2,31)32)21-12-14-28(15-13-21)17-19-4-8-20(9-5-19)24(25,26)27/h4-11,21H,3,12-17H2,1-2H3. The molecule has 1 aliphatic heterocycles. The average molecular weight is 483 g/mol. The van der Waals surface area contributed by atoms with E-state index in [1.54, 1.807) is 12.1 Å². The quantitative estimate of drug-likeness (QED) is 0.595. The van der Waals surface area contributed by atoms with Crippen LogP contribution >= 0.6 is 0 Å². The second-order valence-electron chi connectivity index (χ2n) is 8.47. The number of rotatable bonds is 7. The van der Waals surface area contributed by atoms with Crippen molar-refractivity contribution in [3.8, 4) is 0 Å². The van der Waals surface area contributed by atoms with Crippen LogP contribution in [0.1, 0.15) is 36.5 Å². The van der Waals surface area contributed by atoms with Gasteiger partial charge in [0.25, 0.3) is 0 Å². The fourth-order valence-electron chi connectivity index (χ4n) is 4.22. The number of nitrogens with zero attached hydrogens (tertiary/aromatic N) is 2. The Hall–Kier alpha value is -2.39. The predicted molar refractivity (Wildman–Crippen MR) is 120 cm³/mol. The molecule has 1 saturated heterocycles. The number of halogens is 3. The lowest BCUT2D eigenvalue weighted by atomic mass is 10.0. The first-order valence-corrected chi connectivity index (χ1v) is 12.8. The molecule has 5 nitrogen and oxygen atoms in total. The van der Waals surface area contributed by atoms with E-state index < -0.39 is 21.6 Å². The predicted octanol–water partition coefficient (Wildman–Crippen LogP) is 4.16. The molecule has 0 bridgehead atoms. The molecule has 180 valence electrons. The molecule has 0 aliphatic carbocycles. The van der Waals surface area contributed by atoms with Gasteiger partial charge in [-0.1, -0.05) is 24.3 Å². The van der Waals surface area contributed by atoms with Crippen LogP contribution < -0.4 is 0 Å². The SMILES string of the molecule is CCN(C(=O)Cc1ccc(S(C)(=O)=O)cc1)C1CCN(Cc2ccc(C(F)(F)F)cc2)CC1. The molecule has 0 N–H and O–H groups in total. The topological polar surface area (TPSA) is 57.7 Å². The Morgan fingerprint density at radius 1 is 1.00 bits per heavy atom. The first-order valence-electron chi connectivity index (χ1n) is 10.9. The van der Waals surface area contributed by atoms with E-state index in [4.69, 9.17) is 0 Å². The molecule has 9 heteroatoms. The largest absolute Gasteiger partial charge is 0.416 e. The van der Waals surface area contributed by atoms with Crippen molar-refractivity contribution in [2.45, 2.75) is 49.8 Å². The van der Waals surface area contributed by atoms with Crippen molar-refractivity contribution in [2.75, 3.05) is 25.9 Å². The van der Waals surface area contributed by atoms with Crippen LogP contribution in [0.3, 0.4) is 0 Å². The van der Waals surface area contributed by atoms with Crippen LogP contribution in [-0.4, -0.2) is 56.1 Å². The first-order chi connectivity index (χ1) is 15.5. The molecule has 0 spiro atoms. The van der Waals surface area contributed by atoms with E-state index in [1.165, 1.54) is 24.3 Å². The van der Waals surface area contributed by atoms with Crippen LogP contribution in [0.5, 0.6) is 0 Å². The molecule has 0 saturated carbocycles. The lowest BCUT2D eigenvalue weighted by Crippen LogP contribution is -2.47. The zero-order valence-electron chi connectivity index (χ0n) is 18.8. The Labute approximate surface area is 193 Å². The van der Waals surface area contributed by atoms with Crippen LogP contribution in [0, 0.1) is 0 Å². The van der Waals surface area contributed by atoms with Gasteiger partial charge in [-0.3, -0.25) is 9.69 Å². The number of piperidine rings is 1. The summed E-state index contributed by atoms with van der Waals surface area (Å²) in [6.07, 6.45) is -1.37. The second kappa shape index (κ2) is 10.3. The van der Waals surface area contributed by atoms with Gasteiger partial charge < -0.3 is 4.90 Å². The summed E-state index contributed by atoms with van der Waals surface area (Å²) < 4.78 is 61.4. The maximum Gasteiger partial charge on any atom is 0.416 e. The maximum absolute atomic E-state index is 12.9. The van der Waals surface area contributed by atoms with E-state index in [2.05, 4.69) is 4.90 Å². The first kappa shape index (κ1) is 25.2. The third-order valence-electron chi connectivity index (χ3n) is 6.05. The smallest absolute Gasteiger partial charge is 0.340 e. The number of likely N-dealkylation sites (tertiary alicyclic amines) is 1. The lowest BCUT2D eigenvalue weighted by Gasteiger charge is -2.38. The number of carbonyl (C=O) groups excluding carboxylic acids is 1. The van der Waals surface area contributed by atoms with Crippen LogP contribution in [0.2, 0.25) is 0 Å². The molecular formula is C24H29F3N2O3S. The summed E-state index contributed by atoms with van der Waals surface area (Å²) in [5.74, 6) is 0.00537. The molecule has 1 fully saturated rings. The molecular weight excluding hydrogens is 453 g/mol. The molecule has 1 amide bonds. The summed E-state index contributed by atoms with van der Waals surface area (Å²) in [6.45, 7) is 4.64. The van der Waals surface area contributed by atoms with E-state index in [9.17, 15) is 26.4 Å². The average Bonchev–Trinajstić information content (AvgIpc) is 2.75. The summed E-state index contributed by atoms with van der Waals surface area (Å²) in [5.41, 5.74) is 0.959. The minimum atomic E-state index is -4.33. The molecule has 3 rings (SSSR count). The summed E-state index contributed by atoms with van der Waals surface area (Å²) in [5, 5.41) is 0. The number of alkyl halides is 3. The molecule has 2 aromatic carbocycles. The Kier molecular flexibility index (Phi) is 7.84. The zero-order valence-corrected chi connectivity index (χ0v) is 19.6. The van der Waals surface area contributed by atoms with Crippen LogP contribution in [0.25, 0.3) is 0 Å². The van der Waals surface area contributed by atoms with Crippen molar-refractivity contribution >= 4 is 15.7 Å². The van der Waals surface area contributed by atoms with Crippen LogP contribution in [0.4, 0.5) is 13.2 Å². The van der Waals surface area contributed by atoms with Gasteiger partial charge in [0.2, 0.25) is 5.91 Å². The zero-order chi connectivity index (χ0) is 24.2.